The van der Waals surface area contributed by atoms with Crippen molar-refractivity contribution >= 4 is 0 Å². The van der Waals surface area contributed by atoms with Crippen LogP contribution in [-0.4, -0.2) is 23.1 Å². The van der Waals surface area contributed by atoms with Crippen molar-refractivity contribution < 1.29 is 4.74 Å². The third-order valence-electron chi connectivity index (χ3n) is 3.35. The van der Waals surface area contributed by atoms with Gasteiger partial charge in [-0.25, -0.2) is 4.98 Å². The molecule has 19 heavy (non-hydrogen) atoms. The zero-order valence-corrected chi connectivity index (χ0v) is 12.4. The number of aromatic nitrogens is 2. The predicted molar refractivity (Wildman–Crippen MR) is 76.1 cm³/mol. The summed E-state index contributed by atoms with van der Waals surface area (Å²) in [4.78, 5) is 19.2. The third kappa shape index (κ3) is 3.88. The molecule has 0 fully saturated rings. The van der Waals surface area contributed by atoms with Gasteiger partial charge in [-0.2, -0.15) is 0 Å². The molecule has 1 aromatic rings. The molecule has 0 aliphatic rings. The lowest BCUT2D eigenvalue weighted by atomic mass is 9.95. The van der Waals surface area contributed by atoms with Crippen LogP contribution in [-0.2, 0) is 16.9 Å². The molecule has 1 rings (SSSR count). The van der Waals surface area contributed by atoms with Crippen molar-refractivity contribution in [3.63, 3.8) is 0 Å². The second kappa shape index (κ2) is 7.40. The van der Waals surface area contributed by atoms with Gasteiger partial charge in [0.25, 0.3) is 5.56 Å². The summed E-state index contributed by atoms with van der Waals surface area (Å²) < 4.78 is 5.88. The van der Waals surface area contributed by atoms with E-state index < -0.39 is 5.60 Å². The van der Waals surface area contributed by atoms with Crippen LogP contribution in [0.5, 0.6) is 0 Å². The fourth-order valence-corrected chi connectivity index (χ4v) is 2.20. The predicted octanol–water partition coefficient (Wildman–Crippen LogP) is 1.93. The Morgan fingerprint density at radius 3 is 2.53 bits per heavy atom. The number of hydrogen-bond acceptors (Lipinski definition) is 4. The molecule has 1 heterocycles. The van der Waals surface area contributed by atoms with Gasteiger partial charge >= 0.3 is 0 Å². The van der Waals surface area contributed by atoms with Gasteiger partial charge in [0.1, 0.15) is 11.4 Å². The number of nitrogens with zero attached hydrogens (tertiary/aromatic N) is 1. The molecule has 0 aliphatic heterocycles. The van der Waals surface area contributed by atoms with Crippen molar-refractivity contribution in [1.82, 2.24) is 15.3 Å². The molecule has 5 heteroatoms. The van der Waals surface area contributed by atoms with E-state index in [0.717, 1.165) is 25.1 Å². The summed E-state index contributed by atoms with van der Waals surface area (Å²) in [6, 6.07) is 1.54. The third-order valence-corrected chi connectivity index (χ3v) is 3.35. The summed E-state index contributed by atoms with van der Waals surface area (Å²) in [5.41, 5.74) is 0.145. The van der Waals surface area contributed by atoms with Crippen LogP contribution in [0.3, 0.4) is 0 Å². The van der Waals surface area contributed by atoms with Crippen LogP contribution in [0.25, 0.3) is 0 Å². The lowest BCUT2D eigenvalue weighted by Crippen LogP contribution is -2.34. The van der Waals surface area contributed by atoms with Crippen LogP contribution in [0.2, 0.25) is 0 Å². The Balaban J connectivity index is 3.15. The zero-order valence-electron chi connectivity index (χ0n) is 12.4. The Kier molecular flexibility index (Phi) is 6.18. The molecule has 0 saturated heterocycles. The van der Waals surface area contributed by atoms with E-state index in [1.807, 2.05) is 13.8 Å². The van der Waals surface area contributed by atoms with Gasteiger partial charge < -0.3 is 15.0 Å². The van der Waals surface area contributed by atoms with Crippen molar-refractivity contribution in [3.8, 4) is 0 Å². The SMILES string of the molecule is CCNCc1cc(=O)[nH]c(C(CC)(CC)OCC)n1. The maximum absolute atomic E-state index is 11.8. The van der Waals surface area contributed by atoms with E-state index in [0.29, 0.717) is 19.0 Å². The molecule has 5 nitrogen and oxygen atoms in total. The Labute approximate surface area is 114 Å². The monoisotopic (exact) mass is 267 g/mol. The van der Waals surface area contributed by atoms with Crippen molar-refractivity contribution in [1.29, 1.82) is 0 Å². The zero-order chi connectivity index (χ0) is 14.3. The number of H-pyrrole nitrogens is 1. The maximum Gasteiger partial charge on any atom is 0.251 e. The van der Waals surface area contributed by atoms with Crippen molar-refractivity contribution in [2.45, 2.75) is 52.7 Å². The first-order chi connectivity index (χ1) is 9.11. The second-order valence-electron chi connectivity index (χ2n) is 4.50. The number of nitrogens with one attached hydrogen (secondary N) is 2. The molecule has 0 saturated carbocycles. The van der Waals surface area contributed by atoms with Gasteiger partial charge in [-0.1, -0.05) is 20.8 Å². The first-order valence-electron chi connectivity index (χ1n) is 7.07. The van der Waals surface area contributed by atoms with Gasteiger partial charge in [0.15, 0.2) is 0 Å². The summed E-state index contributed by atoms with van der Waals surface area (Å²) in [6.45, 7) is 10.1. The average molecular weight is 267 g/mol. The Morgan fingerprint density at radius 1 is 1.32 bits per heavy atom. The van der Waals surface area contributed by atoms with E-state index in [1.165, 1.54) is 6.07 Å². The Hall–Kier alpha value is -1.20. The van der Waals surface area contributed by atoms with E-state index >= 15 is 0 Å². The smallest absolute Gasteiger partial charge is 0.251 e. The quantitative estimate of drug-likeness (QED) is 0.755. The molecule has 0 amide bonds. The van der Waals surface area contributed by atoms with Gasteiger partial charge in [-0.05, 0) is 26.3 Å². The van der Waals surface area contributed by atoms with Crippen LogP contribution in [0, 0.1) is 0 Å². The lowest BCUT2D eigenvalue weighted by Gasteiger charge is -2.30. The topological polar surface area (TPSA) is 67.0 Å². The van der Waals surface area contributed by atoms with Gasteiger partial charge in [-0.3, -0.25) is 4.79 Å². The van der Waals surface area contributed by atoms with Gasteiger partial charge in [0.2, 0.25) is 0 Å². The molecule has 0 bridgehead atoms. The molecule has 108 valence electrons. The van der Waals surface area contributed by atoms with E-state index in [2.05, 4.69) is 29.1 Å². The summed E-state index contributed by atoms with van der Waals surface area (Å²) >= 11 is 0. The highest BCUT2D eigenvalue weighted by Gasteiger charge is 2.32. The molecule has 2 N–H and O–H groups in total. The lowest BCUT2D eigenvalue weighted by molar-refractivity contribution is -0.0574. The number of rotatable bonds is 8. The molecule has 0 atom stereocenters. The summed E-state index contributed by atoms with van der Waals surface area (Å²) in [7, 11) is 0. The fraction of sp³-hybridized carbons (Fsp3) is 0.714. The van der Waals surface area contributed by atoms with Crippen LogP contribution in [0.1, 0.15) is 52.1 Å². The van der Waals surface area contributed by atoms with Crippen LogP contribution in [0.15, 0.2) is 10.9 Å². The van der Waals surface area contributed by atoms with E-state index in [1.54, 1.807) is 0 Å². The molecule has 0 unspecified atom stereocenters. The summed E-state index contributed by atoms with van der Waals surface area (Å²) in [5.74, 6) is 0.639. The molecule has 0 spiro atoms. The molecule has 0 aliphatic carbocycles. The highest BCUT2D eigenvalue weighted by molar-refractivity contribution is 5.09. The highest BCUT2D eigenvalue weighted by Crippen LogP contribution is 2.29. The normalized spacial score (nSPS) is 11.8. The second-order valence-corrected chi connectivity index (χ2v) is 4.50. The van der Waals surface area contributed by atoms with Gasteiger partial charge in [0, 0.05) is 19.2 Å². The Bertz CT molecular complexity index is 439. The van der Waals surface area contributed by atoms with Gasteiger partial charge in [-0.15, -0.1) is 0 Å². The number of aromatic amines is 1. The number of hydrogen-bond donors (Lipinski definition) is 2. The molecular formula is C14H25N3O2. The minimum absolute atomic E-state index is 0.121. The highest BCUT2D eigenvalue weighted by atomic mass is 16.5. The van der Waals surface area contributed by atoms with Crippen molar-refractivity contribution in [3.05, 3.63) is 27.9 Å². The average Bonchev–Trinajstić information content (AvgIpc) is 2.42. The standard InChI is InChI=1S/C14H25N3O2/c1-5-14(6-2,19-8-4)13-16-11(10-15-7-3)9-12(18)17-13/h9,15H,5-8,10H2,1-4H3,(H,16,17,18). The molecule has 0 aromatic carbocycles. The summed E-state index contributed by atoms with van der Waals surface area (Å²) in [6.07, 6.45) is 1.57. The maximum atomic E-state index is 11.8. The van der Waals surface area contributed by atoms with E-state index in [4.69, 9.17) is 4.74 Å². The number of ether oxygens (including phenoxy) is 1. The first-order valence-corrected chi connectivity index (χ1v) is 7.07. The molecular weight excluding hydrogens is 242 g/mol. The van der Waals surface area contributed by atoms with E-state index in [9.17, 15) is 4.79 Å². The largest absolute Gasteiger partial charge is 0.367 e. The van der Waals surface area contributed by atoms with Gasteiger partial charge in [0.05, 0.1) is 5.69 Å². The first kappa shape index (κ1) is 15.9. The van der Waals surface area contributed by atoms with Crippen LogP contribution in [0.4, 0.5) is 0 Å². The molecule has 0 radical (unpaired) electrons. The van der Waals surface area contributed by atoms with Crippen LogP contribution < -0.4 is 10.9 Å². The summed E-state index contributed by atoms with van der Waals surface area (Å²) in [5, 5.41) is 3.18. The van der Waals surface area contributed by atoms with Crippen LogP contribution >= 0.6 is 0 Å². The fourth-order valence-electron chi connectivity index (χ4n) is 2.20. The van der Waals surface area contributed by atoms with Crippen molar-refractivity contribution in [2.24, 2.45) is 0 Å². The van der Waals surface area contributed by atoms with E-state index in [-0.39, 0.29) is 5.56 Å². The Morgan fingerprint density at radius 2 is 2.00 bits per heavy atom. The minimum atomic E-state index is -0.490. The minimum Gasteiger partial charge on any atom is -0.367 e. The molecule has 1 aromatic heterocycles. The van der Waals surface area contributed by atoms with Crippen molar-refractivity contribution in [2.75, 3.05) is 13.2 Å².